The van der Waals surface area contributed by atoms with Crippen molar-refractivity contribution in [3.63, 3.8) is 0 Å². The number of para-hydroxylation sites is 1. The van der Waals surface area contributed by atoms with Gasteiger partial charge in [0.15, 0.2) is 9.84 Å². The Hall–Kier alpha value is -3.35. The van der Waals surface area contributed by atoms with Gasteiger partial charge in [0.25, 0.3) is 5.91 Å². The lowest BCUT2D eigenvalue weighted by molar-refractivity contribution is -0.117. The number of amides is 1. The van der Waals surface area contributed by atoms with Crippen LogP contribution < -0.4 is 5.32 Å². The predicted octanol–water partition coefficient (Wildman–Crippen LogP) is 4.64. The van der Waals surface area contributed by atoms with Crippen LogP contribution in [0, 0.1) is 11.3 Å². The van der Waals surface area contributed by atoms with Crippen molar-refractivity contribution >= 4 is 33.6 Å². The topological polar surface area (TPSA) is 105 Å². The molecule has 0 aliphatic carbocycles. The molecule has 2 heterocycles. The van der Waals surface area contributed by atoms with E-state index in [1.54, 1.807) is 10.9 Å². The number of sulfone groups is 1. The first-order valence-electron chi connectivity index (χ1n) is 11.9. The van der Waals surface area contributed by atoms with E-state index in [1.165, 1.54) is 11.0 Å². The summed E-state index contributed by atoms with van der Waals surface area (Å²) in [6, 6.07) is 19.2. The molecule has 0 unspecified atom stereocenters. The number of nitrogens with zero attached hydrogens (tertiary/aromatic N) is 3. The van der Waals surface area contributed by atoms with Gasteiger partial charge in [-0.15, -0.1) is 11.8 Å². The van der Waals surface area contributed by atoms with Gasteiger partial charge in [0, 0.05) is 28.3 Å². The molecule has 1 atom stereocenters. The normalized spacial score (nSPS) is 17.0. The molecule has 1 aliphatic rings. The fraction of sp³-hybridized carbons (Fsp3) is 0.296. The molecule has 1 aliphatic heterocycles. The van der Waals surface area contributed by atoms with Crippen molar-refractivity contribution in [2.45, 2.75) is 37.1 Å². The molecule has 2 aromatic carbocycles. The molecule has 1 aromatic heterocycles. The molecule has 3 aromatic rings. The Morgan fingerprint density at radius 3 is 2.61 bits per heavy atom. The van der Waals surface area contributed by atoms with Gasteiger partial charge in [0.1, 0.15) is 11.6 Å². The third-order valence-corrected chi connectivity index (χ3v) is 8.76. The summed E-state index contributed by atoms with van der Waals surface area (Å²) in [4.78, 5) is 14.0. The van der Waals surface area contributed by atoms with Gasteiger partial charge in [0.05, 0.1) is 22.9 Å². The van der Waals surface area contributed by atoms with Crippen LogP contribution in [0.5, 0.6) is 0 Å². The zero-order valence-electron chi connectivity index (χ0n) is 20.1. The molecule has 0 radical (unpaired) electrons. The van der Waals surface area contributed by atoms with E-state index in [0.29, 0.717) is 17.7 Å². The molecule has 36 heavy (non-hydrogen) atoms. The van der Waals surface area contributed by atoms with Crippen LogP contribution in [0.2, 0.25) is 0 Å². The van der Waals surface area contributed by atoms with Crippen LogP contribution in [-0.4, -0.2) is 47.4 Å². The highest BCUT2D eigenvalue weighted by Gasteiger charge is 2.29. The fourth-order valence-electron chi connectivity index (χ4n) is 3.95. The summed E-state index contributed by atoms with van der Waals surface area (Å²) in [6.07, 6.45) is 5.98. The monoisotopic (exact) mass is 520 g/mol. The highest BCUT2D eigenvalue weighted by Crippen LogP contribution is 2.28. The van der Waals surface area contributed by atoms with Crippen molar-refractivity contribution in [3.05, 3.63) is 71.9 Å². The largest absolute Gasteiger partial charge is 0.348 e. The Bertz CT molecular complexity index is 1390. The first kappa shape index (κ1) is 25.7. The van der Waals surface area contributed by atoms with E-state index in [2.05, 4.69) is 24.4 Å². The first-order chi connectivity index (χ1) is 17.4. The number of nitrogens with one attached hydrogen (secondary N) is 1. The van der Waals surface area contributed by atoms with Crippen molar-refractivity contribution in [3.8, 4) is 23.0 Å². The molecule has 9 heteroatoms. The zero-order valence-corrected chi connectivity index (χ0v) is 21.7. The summed E-state index contributed by atoms with van der Waals surface area (Å²) in [7, 11) is -3.15. The highest BCUT2D eigenvalue weighted by atomic mass is 32.2. The van der Waals surface area contributed by atoms with Crippen molar-refractivity contribution in [1.82, 2.24) is 15.1 Å². The molecule has 4 rings (SSSR count). The number of benzene rings is 2. The number of hydrogen-bond donors (Lipinski definition) is 1. The second-order valence-corrected chi connectivity index (χ2v) is 12.1. The summed E-state index contributed by atoms with van der Waals surface area (Å²) in [6.45, 7) is 2.17. The van der Waals surface area contributed by atoms with Crippen LogP contribution in [0.15, 0.2) is 71.3 Å². The SMILES string of the molecule is CCCCSc1ccc(-c2nn(-c3ccccc3)cc2/C=C(\C#N)C(=O)N[C@H]2CCS(=O)(=O)C2)cc1. The Balaban J connectivity index is 1.65. The van der Waals surface area contributed by atoms with E-state index in [0.717, 1.165) is 29.8 Å². The van der Waals surface area contributed by atoms with Crippen LogP contribution in [-0.2, 0) is 14.6 Å². The van der Waals surface area contributed by atoms with Gasteiger partial charge in [-0.25, -0.2) is 13.1 Å². The Kier molecular flexibility index (Phi) is 8.28. The second kappa shape index (κ2) is 11.6. The average molecular weight is 521 g/mol. The molecule has 1 fully saturated rings. The Morgan fingerprint density at radius 1 is 1.22 bits per heavy atom. The van der Waals surface area contributed by atoms with Crippen LogP contribution >= 0.6 is 11.8 Å². The van der Waals surface area contributed by atoms with Crippen LogP contribution in [0.1, 0.15) is 31.7 Å². The van der Waals surface area contributed by atoms with E-state index in [-0.39, 0.29) is 17.1 Å². The zero-order chi connectivity index (χ0) is 25.5. The maximum Gasteiger partial charge on any atom is 0.262 e. The lowest BCUT2D eigenvalue weighted by Gasteiger charge is -2.10. The van der Waals surface area contributed by atoms with Crippen molar-refractivity contribution in [1.29, 1.82) is 5.26 Å². The molecule has 1 N–H and O–H groups in total. The van der Waals surface area contributed by atoms with Gasteiger partial charge in [-0.2, -0.15) is 10.4 Å². The fourth-order valence-corrected chi connectivity index (χ4v) is 6.62. The number of thioether (sulfide) groups is 1. The number of hydrogen-bond acceptors (Lipinski definition) is 6. The van der Waals surface area contributed by atoms with Gasteiger partial charge in [-0.05, 0) is 48.9 Å². The number of carbonyl (C=O) groups excluding carboxylic acids is 1. The van der Waals surface area contributed by atoms with Crippen molar-refractivity contribution < 1.29 is 13.2 Å². The van der Waals surface area contributed by atoms with Crippen molar-refractivity contribution in [2.75, 3.05) is 17.3 Å². The minimum atomic E-state index is -3.15. The molecular formula is C27H28N4O3S2. The number of carbonyl (C=O) groups is 1. The lowest BCUT2D eigenvalue weighted by atomic mass is 10.1. The van der Waals surface area contributed by atoms with E-state index in [9.17, 15) is 18.5 Å². The molecule has 186 valence electrons. The summed E-state index contributed by atoms with van der Waals surface area (Å²) in [5.41, 5.74) is 2.89. The van der Waals surface area contributed by atoms with Gasteiger partial charge in [0.2, 0.25) is 0 Å². The lowest BCUT2D eigenvalue weighted by Crippen LogP contribution is -2.36. The van der Waals surface area contributed by atoms with E-state index in [1.807, 2.05) is 60.3 Å². The predicted molar refractivity (Wildman–Crippen MR) is 143 cm³/mol. The summed E-state index contributed by atoms with van der Waals surface area (Å²) in [5, 5.41) is 17.2. The number of rotatable bonds is 9. The van der Waals surface area contributed by atoms with Gasteiger partial charge >= 0.3 is 0 Å². The quantitative estimate of drug-likeness (QED) is 0.191. The number of nitriles is 1. The minimum absolute atomic E-state index is 0.0459. The summed E-state index contributed by atoms with van der Waals surface area (Å²) in [5.74, 6) is 0.428. The Morgan fingerprint density at radius 2 is 1.97 bits per heavy atom. The van der Waals surface area contributed by atoms with Gasteiger partial charge in [-0.1, -0.05) is 43.7 Å². The summed E-state index contributed by atoms with van der Waals surface area (Å²) < 4.78 is 25.2. The van der Waals surface area contributed by atoms with Gasteiger partial charge in [-0.3, -0.25) is 4.79 Å². The third-order valence-electron chi connectivity index (χ3n) is 5.89. The third kappa shape index (κ3) is 6.45. The van der Waals surface area contributed by atoms with Crippen LogP contribution in [0.25, 0.3) is 23.0 Å². The maximum absolute atomic E-state index is 12.8. The second-order valence-electron chi connectivity index (χ2n) is 8.68. The smallest absolute Gasteiger partial charge is 0.262 e. The van der Waals surface area contributed by atoms with Crippen LogP contribution in [0.3, 0.4) is 0 Å². The average Bonchev–Trinajstić information content (AvgIpc) is 3.46. The van der Waals surface area contributed by atoms with E-state index >= 15 is 0 Å². The maximum atomic E-state index is 12.8. The summed E-state index contributed by atoms with van der Waals surface area (Å²) >= 11 is 1.81. The Labute approximate surface area is 216 Å². The van der Waals surface area contributed by atoms with Gasteiger partial charge < -0.3 is 5.32 Å². The highest BCUT2D eigenvalue weighted by molar-refractivity contribution is 7.99. The number of unbranched alkanes of at least 4 members (excludes halogenated alkanes) is 1. The molecular weight excluding hydrogens is 492 g/mol. The molecule has 0 saturated carbocycles. The molecule has 7 nitrogen and oxygen atoms in total. The minimum Gasteiger partial charge on any atom is -0.348 e. The van der Waals surface area contributed by atoms with Crippen LogP contribution in [0.4, 0.5) is 0 Å². The molecule has 1 saturated heterocycles. The standard InChI is InChI=1S/C27H28N4O3S2/c1-2-3-14-35-25-11-9-20(10-12-25)26-22(18-31(30-26)24-7-5-4-6-8-24)16-21(17-28)27(32)29-23-13-15-36(33,34)19-23/h4-12,16,18,23H,2-3,13-15,19H2,1H3,(H,29,32)/b21-16+/t23-/m0/s1. The number of aromatic nitrogens is 2. The van der Waals surface area contributed by atoms with E-state index < -0.39 is 21.8 Å². The molecule has 1 amide bonds. The molecule has 0 spiro atoms. The van der Waals surface area contributed by atoms with Crippen molar-refractivity contribution in [2.24, 2.45) is 0 Å². The molecule has 0 bridgehead atoms. The first-order valence-corrected chi connectivity index (χ1v) is 14.7. The van der Waals surface area contributed by atoms with E-state index in [4.69, 9.17) is 5.10 Å².